The first-order valence-corrected chi connectivity index (χ1v) is 26.1. The molecule has 4 aliphatic rings. The molecule has 3 fully saturated rings. The first-order chi connectivity index (χ1) is 33.2. The summed E-state index contributed by atoms with van der Waals surface area (Å²) in [5.74, 6) is -2.09. The molecule has 1 spiro atoms. The monoisotopic (exact) mass is 982 g/mol. The number of cyclic esters (lactones) is 1. The third-order valence-corrected chi connectivity index (χ3v) is 16.1. The summed E-state index contributed by atoms with van der Waals surface area (Å²) in [6.45, 7) is 23.0. The zero-order valence-corrected chi connectivity index (χ0v) is 42.9. The van der Waals surface area contributed by atoms with Crippen LogP contribution in [-0.2, 0) is 58.1 Å². The number of aromatic nitrogens is 1. The molecule has 3 aromatic rings. The van der Waals surface area contributed by atoms with E-state index in [1.165, 1.54) is 9.31 Å². The van der Waals surface area contributed by atoms with Crippen LogP contribution in [0.2, 0.25) is 0 Å². The number of nitrogens with one attached hydrogen (secondary N) is 2. The number of piperidine rings is 1. The Morgan fingerprint density at radius 1 is 1.04 bits per heavy atom. The van der Waals surface area contributed by atoms with Gasteiger partial charge in [0.2, 0.25) is 21.8 Å². The quantitative estimate of drug-likeness (QED) is 0.102. The maximum absolute atomic E-state index is 14.8. The molecule has 3 saturated heterocycles. The van der Waals surface area contributed by atoms with E-state index < -0.39 is 56.8 Å². The van der Waals surface area contributed by atoms with Crippen LogP contribution in [0.25, 0.3) is 27.6 Å². The van der Waals surface area contributed by atoms with E-state index in [9.17, 15) is 32.7 Å². The van der Waals surface area contributed by atoms with Crippen LogP contribution < -0.4 is 10.7 Å². The van der Waals surface area contributed by atoms with E-state index in [0.29, 0.717) is 62.7 Å². The molecule has 16 nitrogen and oxygen atoms in total. The molecule has 6 bridgehead atoms. The minimum Gasteiger partial charge on any atom is -0.508 e. The van der Waals surface area contributed by atoms with Gasteiger partial charge in [0, 0.05) is 79.8 Å². The van der Waals surface area contributed by atoms with Gasteiger partial charge in [0.05, 0.1) is 29.5 Å². The molecule has 17 heteroatoms. The van der Waals surface area contributed by atoms with E-state index in [4.69, 9.17) is 14.5 Å². The summed E-state index contributed by atoms with van der Waals surface area (Å²) >= 11 is 0. The van der Waals surface area contributed by atoms with Gasteiger partial charge < -0.3 is 29.4 Å². The number of esters is 1. The lowest BCUT2D eigenvalue weighted by atomic mass is 9.77. The van der Waals surface area contributed by atoms with Crippen molar-refractivity contribution >= 4 is 56.4 Å². The second-order valence-electron chi connectivity index (χ2n) is 20.3. The van der Waals surface area contributed by atoms with Gasteiger partial charge in [-0.05, 0) is 112 Å². The second-order valence-corrected chi connectivity index (χ2v) is 22.2. The summed E-state index contributed by atoms with van der Waals surface area (Å²) in [6, 6.07) is 8.38. The van der Waals surface area contributed by atoms with Crippen LogP contribution in [0.5, 0.6) is 5.75 Å². The number of fused-ring (bicyclic) bond motifs is 6. The predicted octanol–water partition coefficient (Wildman–Crippen LogP) is 6.52. The molecule has 0 saturated carbocycles. The molecule has 0 aliphatic carbocycles. The van der Waals surface area contributed by atoms with Crippen molar-refractivity contribution in [3.05, 3.63) is 83.6 Å². The normalized spacial score (nSPS) is 22.5. The van der Waals surface area contributed by atoms with Gasteiger partial charge in [-0.25, -0.2) is 13.8 Å². The molecule has 0 radical (unpaired) electrons. The fraction of sp³-hybridized carbons (Fsp3) is 0.528. The Morgan fingerprint density at radius 3 is 2.40 bits per heavy atom. The number of amides is 3. The number of carbonyl (C=O) groups is 4. The highest BCUT2D eigenvalue weighted by atomic mass is 32.2. The van der Waals surface area contributed by atoms with Crippen LogP contribution in [0, 0.1) is 16.7 Å². The first-order valence-electron chi connectivity index (χ1n) is 24.6. The summed E-state index contributed by atoms with van der Waals surface area (Å²) in [6.07, 6.45) is 5.69. The number of carbonyl (C=O) groups excluding carboxylic acids is 4. The number of aromatic hydroxyl groups is 1. The molecule has 70 heavy (non-hydrogen) atoms. The van der Waals surface area contributed by atoms with Crippen LogP contribution in [0.4, 0.5) is 0 Å². The smallest absolute Gasteiger partial charge is 0.324 e. The Hall–Kier alpha value is -5.62. The topological polar surface area (TPSA) is 192 Å². The SMILES string of the molecule is C=C/C(=C(\N=CC)[C@H](C)OC)c1c2c3cc(ccc3n1CC)-c1cc(O)cc(c1)C[C@H](NC(=O)[C@H](C(C)C)N1CCC3(CCN(S(=O)(=O)C=C)CC3)C1=O)C(=O)N1CCC[C@H](N1)C(=O)OCC(C)(C)C2. The molecule has 1 aromatic heterocycles. The van der Waals surface area contributed by atoms with Gasteiger partial charge in [0.25, 0.3) is 5.91 Å². The van der Waals surface area contributed by atoms with Crippen molar-refractivity contribution in [2.45, 2.75) is 124 Å². The van der Waals surface area contributed by atoms with Crippen molar-refractivity contribution in [2.75, 3.05) is 39.9 Å². The van der Waals surface area contributed by atoms with Crippen LogP contribution in [0.3, 0.4) is 0 Å². The molecule has 378 valence electrons. The molecule has 5 heterocycles. The number of allylic oxidation sites excluding steroid dienone is 2. The van der Waals surface area contributed by atoms with Gasteiger partial charge in [-0.1, -0.05) is 59.1 Å². The molecular weight excluding hydrogens is 911 g/mol. The number of benzene rings is 2. The van der Waals surface area contributed by atoms with E-state index in [1.807, 2.05) is 45.9 Å². The maximum atomic E-state index is 14.8. The molecule has 3 N–H and O–H groups in total. The number of hydrogen-bond acceptors (Lipinski definition) is 11. The minimum absolute atomic E-state index is 0.0283. The summed E-state index contributed by atoms with van der Waals surface area (Å²) in [5.41, 5.74) is 8.24. The Labute approximate surface area is 412 Å². The average Bonchev–Trinajstić information content (AvgIpc) is 3.80. The van der Waals surface area contributed by atoms with E-state index in [1.54, 1.807) is 30.4 Å². The summed E-state index contributed by atoms with van der Waals surface area (Å²) in [5, 5.41) is 17.7. The Kier molecular flexibility index (Phi) is 15.7. The van der Waals surface area contributed by atoms with Gasteiger partial charge in [-0.15, -0.1) is 0 Å². The van der Waals surface area contributed by atoms with Crippen LogP contribution in [0.15, 0.2) is 71.7 Å². The maximum Gasteiger partial charge on any atom is 0.324 e. The van der Waals surface area contributed by atoms with Crippen molar-refractivity contribution < 1.29 is 42.2 Å². The third kappa shape index (κ3) is 10.4. The van der Waals surface area contributed by atoms with Crippen molar-refractivity contribution in [1.82, 2.24) is 29.5 Å². The minimum atomic E-state index is -3.64. The van der Waals surface area contributed by atoms with E-state index in [0.717, 1.165) is 44.4 Å². The number of nitrogens with zero attached hydrogens (tertiary/aromatic N) is 5. The van der Waals surface area contributed by atoms with Crippen molar-refractivity contribution in [3.8, 4) is 16.9 Å². The van der Waals surface area contributed by atoms with Gasteiger partial charge in [-0.2, -0.15) is 4.31 Å². The largest absolute Gasteiger partial charge is 0.508 e. The van der Waals surface area contributed by atoms with Gasteiger partial charge >= 0.3 is 5.97 Å². The molecule has 4 aliphatic heterocycles. The van der Waals surface area contributed by atoms with E-state index in [-0.39, 0.29) is 56.3 Å². The number of phenols is 1. The number of rotatable bonds is 12. The zero-order valence-electron chi connectivity index (χ0n) is 42.0. The van der Waals surface area contributed by atoms with Crippen LogP contribution in [0.1, 0.15) is 97.4 Å². The van der Waals surface area contributed by atoms with E-state index >= 15 is 0 Å². The fourth-order valence-electron chi connectivity index (χ4n) is 10.9. The molecular formula is C53H71N7O9S. The van der Waals surface area contributed by atoms with Crippen molar-refractivity contribution in [3.63, 3.8) is 0 Å². The standard InChI is InChI=1S/C53H71N7O9S/c1-11-39(45(54-12-2)34(7)68-10)47-41-31-52(8,9)32-69-50(64)42-16-15-22-60(56-42)49(63)43(28-35-26-37(29-38(61)27-35)36-17-18-44(40(41)30-36)58(47)13-3)55-48(62)46(33(5)6)59-25-21-53(51(59)65)19-23-57(24-20-53)70(66,67)14-4/h11-12,14,17-18,26-27,29-30,33-34,42-43,46,56,61H,1,4,13,15-16,19-25,28,31-32H2,2-3,5-10H3,(H,55,62)/b45-39+,54-12?/t34-,42-,43-,46-/m0/s1. The lowest BCUT2D eigenvalue weighted by Gasteiger charge is -2.38. The number of phenolic OH excluding ortho intramolecular Hbond substituents is 1. The van der Waals surface area contributed by atoms with Crippen LogP contribution in [-0.4, -0.2) is 126 Å². The van der Waals surface area contributed by atoms with Crippen molar-refractivity contribution in [1.29, 1.82) is 0 Å². The fourth-order valence-corrected chi connectivity index (χ4v) is 11.8. The number of hydrazine groups is 1. The molecule has 3 amide bonds. The van der Waals surface area contributed by atoms with Gasteiger partial charge in [0.15, 0.2) is 0 Å². The second kappa shape index (κ2) is 21.0. The van der Waals surface area contributed by atoms with Gasteiger partial charge in [0.1, 0.15) is 23.9 Å². The number of methoxy groups -OCH3 is 1. The summed E-state index contributed by atoms with van der Waals surface area (Å²) in [4.78, 5) is 64.4. The number of ether oxygens (including phenoxy) is 2. The number of hydrogen-bond donors (Lipinski definition) is 3. The number of sulfonamides is 1. The molecule has 2 aromatic carbocycles. The highest BCUT2D eigenvalue weighted by molar-refractivity contribution is 7.92. The van der Waals surface area contributed by atoms with Crippen LogP contribution >= 0.6 is 0 Å². The number of likely N-dealkylation sites (tertiary alicyclic amines) is 1. The summed E-state index contributed by atoms with van der Waals surface area (Å²) in [7, 11) is -2.00. The molecule has 7 rings (SSSR count). The summed E-state index contributed by atoms with van der Waals surface area (Å²) < 4.78 is 40.6. The lowest BCUT2D eigenvalue weighted by Crippen LogP contribution is -2.62. The average molecular weight is 982 g/mol. The third-order valence-electron chi connectivity index (χ3n) is 14.6. The highest BCUT2D eigenvalue weighted by Gasteiger charge is 2.52. The lowest BCUT2D eigenvalue weighted by molar-refractivity contribution is -0.155. The number of aliphatic imine (C=N–C) groups is 1. The first kappa shape index (κ1) is 52.2. The van der Waals surface area contributed by atoms with E-state index in [2.05, 4.69) is 61.4 Å². The molecule has 4 atom stereocenters. The number of aryl methyl sites for hydroxylation is 1. The zero-order chi connectivity index (χ0) is 50.9. The molecule has 0 unspecified atom stereocenters. The van der Waals surface area contributed by atoms with Gasteiger partial charge in [-0.3, -0.25) is 29.2 Å². The Balaban J connectivity index is 1.31. The predicted molar refractivity (Wildman–Crippen MR) is 272 cm³/mol. The highest BCUT2D eigenvalue weighted by Crippen LogP contribution is 2.44. The van der Waals surface area contributed by atoms with Crippen molar-refractivity contribution in [2.24, 2.45) is 21.7 Å². The Morgan fingerprint density at radius 2 is 1.76 bits per heavy atom. The Bertz CT molecular complexity index is 2710.